The van der Waals surface area contributed by atoms with E-state index in [1.807, 2.05) is 0 Å². The molecule has 0 aliphatic carbocycles. The normalized spacial score (nSPS) is 9.69. The zero-order chi connectivity index (χ0) is 9.07. The van der Waals surface area contributed by atoms with Gasteiger partial charge in [-0.1, -0.05) is 12.8 Å². The van der Waals surface area contributed by atoms with E-state index >= 15 is 0 Å². The van der Waals surface area contributed by atoms with Crippen molar-refractivity contribution in [2.75, 3.05) is 19.6 Å². The van der Waals surface area contributed by atoms with Crippen molar-refractivity contribution >= 4 is 0 Å². The maximum Gasteiger partial charge on any atom is 1.00 e. The minimum atomic E-state index is 0. The molecule has 0 aromatic rings. The SMILES string of the molecule is N[CH-]CCNCCCCCCN.[Li+]. The van der Waals surface area contributed by atoms with Crippen molar-refractivity contribution in [2.24, 2.45) is 11.5 Å². The standard InChI is InChI=1S/C9H22N3.Li/c10-6-3-1-2-4-8-12-9-5-7-11;/h7,12H,1-6,8-11H2;/q-1;+1. The van der Waals surface area contributed by atoms with Crippen LogP contribution in [0.5, 0.6) is 0 Å². The molecule has 4 heteroatoms. The summed E-state index contributed by atoms with van der Waals surface area (Å²) in [5.41, 5.74) is 10.6. The molecule has 0 saturated heterocycles. The van der Waals surface area contributed by atoms with Crippen LogP contribution < -0.4 is 35.6 Å². The van der Waals surface area contributed by atoms with Crippen molar-refractivity contribution in [3.63, 3.8) is 0 Å². The molecule has 0 saturated carbocycles. The Hall–Kier alpha value is 0.477. The van der Waals surface area contributed by atoms with Gasteiger partial charge in [0.05, 0.1) is 0 Å². The second kappa shape index (κ2) is 15.0. The molecule has 74 valence electrons. The van der Waals surface area contributed by atoms with Crippen LogP contribution in [-0.2, 0) is 0 Å². The molecule has 0 spiro atoms. The number of nitrogens with one attached hydrogen (secondary N) is 1. The predicted molar refractivity (Wildman–Crippen MR) is 53.5 cm³/mol. The summed E-state index contributed by atoms with van der Waals surface area (Å²) in [6.07, 6.45) is 5.93. The molecule has 0 fully saturated rings. The van der Waals surface area contributed by atoms with Crippen LogP contribution >= 0.6 is 0 Å². The summed E-state index contributed by atoms with van der Waals surface area (Å²) in [4.78, 5) is 0. The van der Waals surface area contributed by atoms with Gasteiger partial charge in [0.1, 0.15) is 0 Å². The molecule has 0 rings (SSSR count). The first-order valence-corrected chi connectivity index (χ1v) is 4.86. The van der Waals surface area contributed by atoms with Crippen LogP contribution in [0.25, 0.3) is 0 Å². The van der Waals surface area contributed by atoms with Crippen molar-refractivity contribution < 1.29 is 18.9 Å². The maximum atomic E-state index is 5.38. The van der Waals surface area contributed by atoms with E-state index in [0.29, 0.717) is 0 Å². The van der Waals surface area contributed by atoms with Crippen LogP contribution in [0.2, 0.25) is 0 Å². The van der Waals surface area contributed by atoms with Crippen molar-refractivity contribution in [1.82, 2.24) is 5.32 Å². The predicted octanol–water partition coefficient (Wildman–Crippen LogP) is -2.39. The third kappa shape index (κ3) is 15.2. The summed E-state index contributed by atoms with van der Waals surface area (Å²) < 4.78 is 0. The van der Waals surface area contributed by atoms with E-state index in [4.69, 9.17) is 11.5 Å². The number of hydrogen-bond acceptors (Lipinski definition) is 3. The molecule has 13 heavy (non-hydrogen) atoms. The van der Waals surface area contributed by atoms with E-state index in [2.05, 4.69) is 5.32 Å². The van der Waals surface area contributed by atoms with E-state index in [1.54, 1.807) is 6.54 Å². The minimum absolute atomic E-state index is 0. The number of unbranched alkanes of at least 4 members (excludes halogenated alkanes) is 3. The fraction of sp³-hybridized carbons (Fsp3) is 0.889. The second-order valence-corrected chi connectivity index (χ2v) is 2.98. The van der Waals surface area contributed by atoms with Gasteiger partial charge >= 0.3 is 18.9 Å². The van der Waals surface area contributed by atoms with Gasteiger partial charge in [-0.25, -0.2) is 0 Å². The topological polar surface area (TPSA) is 64.1 Å². The Labute approximate surface area is 94.2 Å². The summed E-state index contributed by atoms with van der Waals surface area (Å²) in [5.74, 6) is 0. The summed E-state index contributed by atoms with van der Waals surface area (Å²) in [7, 11) is 0. The zero-order valence-corrected chi connectivity index (χ0v) is 8.89. The second-order valence-electron chi connectivity index (χ2n) is 2.98. The molecule has 0 atom stereocenters. The maximum absolute atomic E-state index is 5.38. The molecule has 0 heterocycles. The Morgan fingerprint density at radius 3 is 2.31 bits per heavy atom. The monoisotopic (exact) mass is 179 g/mol. The summed E-state index contributed by atoms with van der Waals surface area (Å²) in [6, 6.07) is 0. The molecule has 0 aliphatic heterocycles. The molecule has 0 radical (unpaired) electrons. The average Bonchev–Trinajstić information content (AvgIpc) is 2.10. The Morgan fingerprint density at radius 1 is 1.00 bits per heavy atom. The first-order valence-electron chi connectivity index (χ1n) is 4.86. The van der Waals surface area contributed by atoms with Crippen LogP contribution in [0.4, 0.5) is 0 Å². The quantitative estimate of drug-likeness (QED) is 0.210. The number of rotatable bonds is 9. The van der Waals surface area contributed by atoms with Crippen LogP contribution in [0.1, 0.15) is 32.1 Å². The van der Waals surface area contributed by atoms with Crippen LogP contribution in [0.3, 0.4) is 0 Å². The van der Waals surface area contributed by atoms with Gasteiger partial charge in [0.25, 0.3) is 0 Å². The molecule has 0 aromatic heterocycles. The largest absolute Gasteiger partial charge is 1.00 e. The van der Waals surface area contributed by atoms with Gasteiger partial charge in [-0.3, -0.25) is 6.54 Å². The molecular formula is C9H22LiN3. The van der Waals surface area contributed by atoms with Crippen molar-refractivity contribution in [3.05, 3.63) is 6.54 Å². The molecular weight excluding hydrogens is 157 g/mol. The Morgan fingerprint density at radius 2 is 1.69 bits per heavy atom. The summed E-state index contributed by atoms with van der Waals surface area (Å²) in [6.45, 7) is 4.64. The molecule has 5 N–H and O–H groups in total. The van der Waals surface area contributed by atoms with Crippen LogP contribution in [-0.4, -0.2) is 19.6 Å². The Bertz CT molecular complexity index is 71.3. The third-order valence-electron chi connectivity index (χ3n) is 1.80. The van der Waals surface area contributed by atoms with Gasteiger partial charge in [0, 0.05) is 0 Å². The molecule has 0 aromatic carbocycles. The Balaban J connectivity index is 0. The molecule has 0 aliphatic rings. The van der Waals surface area contributed by atoms with Crippen molar-refractivity contribution in [3.8, 4) is 0 Å². The molecule has 0 amide bonds. The third-order valence-corrected chi connectivity index (χ3v) is 1.80. The molecule has 0 bridgehead atoms. The summed E-state index contributed by atoms with van der Waals surface area (Å²) >= 11 is 0. The van der Waals surface area contributed by atoms with E-state index in [0.717, 1.165) is 32.5 Å². The van der Waals surface area contributed by atoms with Gasteiger partial charge in [0.2, 0.25) is 0 Å². The Kier molecular flexibility index (Phi) is 18.3. The number of nitrogens with two attached hydrogens (primary N) is 2. The van der Waals surface area contributed by atoms with Crippen LogP contribution in [0.15, 0.2) is 0 Å². The van der Waals surface area contributed by atoms with Gasteiger partial charge in [-0.2, -0.15) is 6.42 Å². The van der Waals surface area contributed by atoms with E-state index in [-0.39, 0.29) is 18.9 Å². The first kappa shape index (κ1) is 15.9. The smallest absolute Gasteiger partial charge is 0.483 e. The van der Waals surface area contributed by atoms with Gasteiger partial charge in [0.15, 0.2) is 0 Å². The molecule has 0 unspecified atom stereocenters. The minimum Gasteiger partial charge on any atom is -0.483 e. The van der Waals surface area contributed by atoms with Crippen molar-refractivity contribution in [1.29, 1.82) is 0 Å². The van der Waals surface area contributed by atoms with Crippen LogP contribution in [0, 0.1) is 6.54 Å². The zero-order valence-electron chi connectivity index (χ0n) is 8.89. The van der Waals surface area contributed by atoms with Gasteiger partial charge < -0.3 is 16.8 Å². The average molecular weight is 179 g/mol. The first-order chi connectivity index (χ1) is 5.91. The fourth-order valence-electron chi connectivity index (χ4n) is 1.06. The number of hydrogen-bond donors (Lipinski definition) is 3. The van der Waals surface area contributed by atoms with Crippen molar-refractivity contribution in [2.45, 2.75) is 32.1 Å². The van der Waals surface area contributed by atoms with E-state index in [9.17, 15) is 0 Å². The summed E-state index contributed by atoms with van der Waals surface area (Å²) in [5, 5.41) is 3.32. The fourth-order valence-corrected chi connectivity index (χ4v) is 1.06. The van der Waals surface area contributed by atoms with E-state index in [1.165, 1.54) is 19.3 Å². The molecule has 3 nitrogen and oxygen atoms in total. The van der Waals surface area contributed by atoms with E-state index < -0.39 is 0 Å². The van der Waals surface area contributed by atoms with Gasteiger partial charge in [-0.15, -0.1) is 0 Å². The van der Waals surface area contributed by atoms with Gasteiger partial charge in [-0.05, 0) is 32.5 Å².